The summed E-state index contributed by atoms with van der Waals surface area (Å²) in [5.74, 6) is -0.356. The van der Waals surface area contributed by atoms with Crippen LogP contribution in [0.25, 0.3) is 22.9 Å². The summed E-state index contributed by atoms with van der Waals surface area (Å²) in [6.45, 7) is 2.25. The Morgan fingerprint density at radius 1 is 1.22 bits per heavy atom. The van der Waals surface area contributed by atoms with Gasteiger partial charge in [0.25, 0.3) is 11.8 Å². The van der Waals surface area contributed by atoms with E-state index < -0.39 is 17.9 Å². The number of aliphatic hydroxyl groups is 1. The van der Waals surface area contributed by atoms with Gasteiger partial charge in [0.1, 0.15) is 17.1 Å². The van der Waals surface area contributed by atoms with Gasteiger partial charge >= 0.3 is 0 Å². The molecule has 9 nitrogen and oxygen atoms in total. The number of primary amides is 1. The molecule has 3 N–H and O–H groups in total. The first kappa shape index (κ1) is 18.3. The van der Waals surface area contributed by atoms with Crippen LogP contribution in [0.2, 0.25) is 0 Å². The van der Waals surface area contributed by atoms with E-state index in [9.17, 15) is 14.7 Å². The summed E-state index contributed by atoms with van der Waals surface area (Å²) in [4.78, 5) is 28.8. The monoisotopic (exact) mass is 370 g/mol. The highest BCUT2D eigenvalue weighted by atomic mass is 16.5. The van der Waals surface area contributed by atoms with E-state index in [0.717, 1.165) is 0 Å². The predicted octanol–water partition coefficient (Wildman–Crippen LogP) is 1.61. The van der Waals surface area contributed by atoms with Crippen molar-refractivity contribution in [3.05, 3.63) is 47.9 Å². The molecule has 9 heteroatoms. The van der Waals surface area contributed by atoms with Crippen LogP contribution in [0.4, 0.5) is 0 Å². The second-order valence-corrected chi connectivity index (χ2v) is 5.81. The van der Waals surface area contributed by atoms with Gasteiger partial charge in [-0.3, -0.25) is 9.59 Å². The second kappa shape index (κ2) is 7.42. The van der Waals surface area contributed by atoms with E-state index in [1.807, 2.05) is 0 Å². The Kier molecular flexibility index (Phi) is 5.04. The zero-order valence-corrected chi connectivity index (χ0v) is 14.7. The van der Waals surface area contributed by atoms with Crippen LogP contribution >= 0.6 is 0 Å². The Morgan fingerprint density at radius 3 is 2.59 bits per heavy atom. The Bertz CT molecular complexity index is 978. The zero-order valence-electron chi connectivity index (χ0n) is 14.7. The number of furan rings is 1. The normalized spacial score (nSPS) is 12.0. The molecular formula is C18H18N4O5. The van der Waals surface area contributed by atoms with Crippen molar-refractivity contribution in [3.8, 4) is 22.9 Å². The van der Waals surface area contributed by atoms with Crippen LogP contribution < -0.4 is 5.73 Å². The number of rotatable bonds is 6. The summed E-state index contributed by atoms with van der Waals surface area (Å²) in [7, 11) is 1.58. The second-order valence-electron chi connectivity index (χ2n) is 5.81. The van der Waals surface area contributed by atoms with Gasteiger partial charge in [-0.25, -0.2) is 4.98 Å². The minimum atomic E-state index is -1.44. The molecule has 0 radical (unpaired) electrons. The maximum absolute atomic E-state index is 12.0. The number of carbonyl (C=O) groups excluding carboxylic acids is 2. The molecule has 3 heterocycles. The summed E-state index contributed by atoms with van der Waals surface area (Å²) in [6.07, 6.45) is -1.44. The quantitative estimate of drug-likeness (QED) is 0.672. The van der Waals surface area contributed by atoms with Gasteiger partial charge in [-0.15, -0.1) is 0 Å². The first-order chi connectivity index (χ1) is 12.9. The van der Waals surface area contributed by atoms with E-state index in [1.165, 1.54) is 17.0 Å². The van der Waals surface area contributed by atoms with Crippen molar-refractivity contribution in [1.29, 1.82) is 0 Å². The van der Waals surface area contributed by atoms with Gasteiger partial charge in [-0.05, 0) is 31.2 Å². The fraction of sp³-hybridized carbons (Fsp3) is 0.222. The van der Waals surface area contributed by atoms with Crippen LogP contribution in [0.15, 0.2) is 45.3 Å². The molecule has 0 aliphatic heterocycles. The van der Waals surface area contributed by atoms with Gasteiger partial charge < -0.3 is 24.7 Å². The lowest BCUT2D eigenvalue weighted by Gasteiger charge is -2.16. The Hall–Kier alpha value is -3.46. The van der Waals surface area contributed by atoms with Crippen LogP contribution in [0, 0.1) is 0 Å². The third-order valence-electron chi connectivity index (χ3n) is 3.99. The Balaban J connectivity index is 1.83. The average molecular weight is 370 g/mol. The van der Waals surface area contributed by atoms with E-state index in [0.29, 0.717) is 29.5 Å². The minimum absolute atomic E-state index is 0.0158. The van der Waals surface area contributed by atoms with Crippen molar-refractivity contribution < 1.29 is 23.6 Å². The highest BCUT2D eigenvalue weighted by Gasteiger charge is 2.25. The molecule has 0 fully saturated rings. The van der Waals surface area contributed by atoms with Gasteiger partial charge in [0.05, 0.1) is 0 Å². The molecule has 3 aromatic rings. The van der Waals surface area contributed by atoms with Crippen molar-refractivity contribution in [2.45, 2.75) is 13.0 Å². The lowest BCUT2D eigenvalue weighted by molar-refractivity contribution is -0.139. The number of aromatic nitrogens is 2. The lowest BCUT2D eigenvalue weighted by atomic mass is 10.2. The number of carbonyl (C=O) groups is 2. The van der Waals surface area contributed by atoms with E-state index >= 15 is 0 Å². The molecular weight excluding hydrogens is 352 g/mol. The largest absolute Gasteiger partial charge is 0.453 e. The molecule has 2 amide bonds. The van der Waals surface area contributed by atoms with Crippen molar-refractivity contribution >= 4 is 11.8 Å². The van der Waals surface area contributed by atoms with Crippen LogP contribution in [-0.2, 0) is 4.79 Å². The number of hydrogen-bond acceptors (Lipinski definition) is 7. The topological polar surface area (TPSA) is 136 Å². The highest BCUT2D eigenvalue weighted by molar-refractivity contribution is 5.91. The van der Waals surface area contributed by atoms with Crippen LogP contribution in [0.1, 0.15) is 29.3 Å². The first-order valence-corrected chi connectivity index (χ1v) is 8.17. The van der Waals surface area contributed by atoms with Crippen molar-refractivity contribution in [2.75, 3.05) is 13.6 Å². The van der Waals surface area contributed by atoms with Crippen molar-refractivity contribution in [3.63, 3.8) is 0 Å². The van der Waals surface area contributed by atoms with E-state index in [2.05, 4.69) is 10.1 Å². The van der Waals surface area contributed by atoms with Gasteiger partial charge in [-0.2, -0.15) is 0 Å². The number of likely N-dealkylation sites (N-methyl/N-ethyl adjacent to an activating group) is 1. The molecule has 1 atom stereocenters. The molecule has 140 valence electrons. The maximum Gasteiger partial charge on any atom is 0.267 e. The standard InChI is InChI=1S/C18H18N4O5/c1-3-22(2)18(25)16(23)15-9-12(21-27-15)14-8-7-13(26-14)10-5-4-6-11(20-10)17(19)24/h4-9,16,23H,3H2,1-2H3,(H2,19,24)/t16-/m1/s1. The van der Waals surface area contributed by atoms with E-state index in [-0.39, 0.29) is 11.5 Å². The summed E-state index contributed by atoms with van der Waals surface area (Å²) < 4.78 is 10.8. The van der Waals surface area contributed by atoms with E-state index in [1.54, 1.807) is 38.2 Å². The highest BCUT2D eigenvalue weighted by Crippen LogP contribution is 2.29. The van der Waals surface area contributed by atoms with Gasteiger partial charge in [0, 0.05) is 19.7 Å². The average Bonchev–Trinajstić information content (AvgIpc) is 3.35. The number of nitrogens with zero attached hydrogens (tertiary/aromatic N) is 3. The molecule has 0 aliphatic carbocycles. The smallest absolute Gasteiger partial charge is 0.267 e. The number of hydrogen-bond donors (Lipinski definition) is 2. The molecule has 27 heavy (non-hydrogen) atoms. The van der Waals surface area contributed by atoms with Crippen LogP contribution in [-0.4, -0.2) is 45.6 Å². The Morgan fingerprint density at radius 2 is 1.93 bits per heavy atom. The number of nitrogens with two attached hydrogens (primary N) is 1. The molecule has 0 spiro atoms. The van der Waals surface area contributed by atoms with Crippen molar-refractivity contribution in [1.82, 2.24) is 15.0 Å². The fourth-order valence-corrected chi connectivity index (χ4v) is 2.34. The molecule has 3 rings (SSSR count). The third-order valence-corrected chi connectivity index (χ3v) is 3.99. The van der Waals surface area contributed by atoms with Crippen molar-refractivity contribution in [2.24, 2.45) is 5.73 Å². The molecule has 0 unspecified atom stereocenters. The Labute approximate surface area is 154 Å². The predicted molar refractivity (Wildman–Crippen MR) is 94.2 cm³/mol. The first-order valence-electron chi connectivity index (χ1n) is 8.17. The summed E-state index contributed by atoms with van der Waals surface area (Å²) in [6, 6.07) is 9.55. The molecule has 0 aromatic carbocycles. The van der Waals surface area contributed by atoms with Crippen LogP contribution in [0.5, 0.6) is 0 Å². The van der Waals surface area contributed by atoms with Crippen LogP contribution in [0.3, 0.4) is 0 Å². The SMILES string of the molecule is CCN(C)C(=O)[C@H](O)c1cc(-c2ccc(-c3cccc(C(N)=O)n3)o2)no1. The molecule has 0 saturated carbocycles. The fourth-order valence-electron chi connectivity index (χ4n) is 2.34. The summed E-state index contributed by atoms with van der Waals surface area (Å²) in [5, 5.41) is 13.9. The van der Waals surface area contributed by atoms with Gasteiger partial charge in [0.2, 0.25) is 0 Å². The number of pyridine rings is 1. The van der Waals surface area contributed by atoms with Gasteiger partial charge in [-0.1, -0.05) is 11.2 Å². The summed E-state index contributed by atoms with van der Waals surface area (Å²) >= 11 is 0. The molecule has 0 aliphatic rings. The zero-order chi connectivity index (χ0) is 19.6. The minimum Gasteiger partial charge on any atom is -0.453 e. The van der Waals surface area contributed by atoms with E-state index in [4.69, 9.17) is 14.7 Å². The maximum atomic E-state index is 12.0. The summed E-state index contributed by atoms with van der Waals surface area (Å²) in [5.41, 5.74) is 6.10. The molecule has 0 saturated heterocycles. The third kappa shape index (κ3) is 3.72. The molecule has 3 aromatic heterocycles. The van der Waals surface area contributed by atoms with Gasteiger partial charge in [0.15, 0.2) is 23.4 Å². The number of amides is 2. The molecule has 0 bridgehead atoms. The number of aliphatic hydroxyl groups excluding tert-OH is 1. The lowest BCUT2D eigenvalue weighted by Crippen LogP contribution is -2.31.